The van der Waals surface area contributed by atoms with Gasteiger partial charge in [0.15, 0.2) is 0 Å². The van der Waals surface area contributed by atoms with Crippen molar-refractivity contribution in [1.29, 1.82) is 0 Å². The summed E-state index contributed by atoms with van der Waals surface area (Å²) in [5.74, 6) is -3.00. The SMILES string of the molecule is COCC(=O)N(C1CCN(C(=O)OCc2ccccc2)CC1)[C@H]1CCCC(F)(F)C1. The van der Waals surface area contributed by atoms with Gasteiger partial charge in [0.05, 0.1) is 0 Å². The first-order valence-electron chi connectivity index (χ1n) is 10.5. The van der Waals surface area contributed by atoms with Crippen molar-refractivity contribution in [2.24, 2.45) is 0 Å². The van der Waals surface area contributed by atoms with Gasteiger partial charge in [-0.1, -0.05) is 30.3 Å². The summed E-state index contributed by atoms with van der Waals surface area (Å²) in [5.41, 5.74) is 0.912. The van der Waals surface area contributed by atoms with E-state index in [1.165, 1.54) is 7.11 Å². The fourth-order valence-electron chi connectivity index (χ4n) is 4.42. The maximum Gasteiger partial charge on any atom is 0.410 e. The number of likely N-dealkylation sites (tertiary alicyclic amines) is 1. The number of rotatable bonds is 6. The number of benzene rings is 1. The molecule has 1 aliphatic carbocycles. The largest absolute Gasteiger partial charge is 0.445 e. The van der Waals surface area contributed by atoms with Gasteiger partial charge in [-0.3, -0.25) is 4.79 Å². The van der Waals surface area contributed by atoms with Crippen LogP contribution in [0.2, 0.25) is 0 Å². The minimum atomic E-state index is -2.74. The van der Waals surface area contributed by atoms with Gasteiger partial charge < -0.3 is 19.3 Å². The molecule has 1 aromatic rings. The number of nitrogens with zero attached hydrogens (tertiary/aromatic N) is 2. The Labute approximate surface area is 176 Å². The Kier molecular flexibility index (Phi) is 7.64. The van der Waals surface area contributed by atoms with Gasteiger partial charge in [-0.2, -0.15) is 0 Å². The number of piperidine rings is 1. The maximum atomic E-state index is 14.0. The highest BCUT2D eigenvalue weighted by atomic mass is 19.3. The summed E-state index contributed by atoms with van der Waals surface area (Å²) < 4.78 is 38.3. The highest BCUT2D eigenvalue weighted by Crippen LogP contribution is 2.37. The Morgan fingerprint density at radius 3 is 2.47 bits per heavy atom. The highest BCUT2D eigenvalue weighted by Gasteiger charge is 2.42. The van der Waals surface area contributed by atoms with Crippen molar-refractivity contribution >= 4 is 12.0 Å². The van der Waals surface area contributed by atoms with Gasteiger partial charge in [0.25, 0.3) is 0 Å². The zero-order chi connectivity index (χ0) is 21.6. The topological polar surface area (TPSA) is 59.1 Å². The van der Waals surface area contributed by atoms with Crippen LogP contribution in [-0.2, 0) is 20.9 Å². The van der Waals surface area contributed by atoms with Crippen LogP contribution in [0.1, 0.15) is 44.1 Å². The quantitative estimate of drug-likeness (QED) is 0.696. The predicted octanol–water partition coefficient (Wildman–Crippen LogP) is 3.84. The van der Waals surface area contributed by atoms with Crippen LogP contribution in [-0.4, -0.2) is 66.6 Å². The number of ether oxygens (including phenoxy) is 2. The van der Waals surface area contributed by atoms with Crippen molar-refractivity contribution < 1.29 is 27.8 Å². The zero-order valence-electron chi connectivity index (χ0n) is 17.4. The van der Waals surface area contributed by atoms with E-state index in [2.05, 4.69) is 0 Å². The number of hydrogen-bond acceptors (Lipinski definition) is 4. The van der Waals surface area contributed by atoms with Gasteiger partial charge in [0, 0.05) is 45.1 Å². The molecular weight excluding hydrogens is 394 g/mol. The van der Waals surface area contributed by atoms with Crippen molar-refractivity contribution in [3.8, 4) is 0 Å². The summed E-state index contributed by atoms with van der Waals surface area (Å²) in [5, 5.41) is 0. The number of methoxy groups -OCH3 is 1. The summed E-state index contributed by atoms with van der Waals surface area (Å²) in [4.78, 5) is 28.3. The molecule has 0 N–H and O–H groups in total. The molecule has 1 aliphatic heterocycles. The molecule has 6 nitrogen and oxygen atoms in total. The average Bonchev–Trinajstić information content (AvgIpc) is 2.73. The van der Waals surface area contributed by atoms with Gasteiger partial charge in [-0.25, -0.2) is 13.6 Å². The van der Waals surface area contributed by atoms with Gasteiger partial charge in [-0.15, -0.1) is 0 Å². The molecule has 166 valence electrons. The number of carbonyl (C=O) groups is 2. The van der Waals surface area contributed by atoms with Crippen molar-refractivity contribution in [3.05, 3.63) is 35.9 Å². The molecule has 0 bridgehead atoms. The molecule has 2 amide bonds. The molecule has 1 heterocycles. The minimum Gasteiger partial charge on any atom is -0.445 e. The van der Waals surface area contributed by atoms with Crippen LogP contribution < -0.4 is 0 Å². The first-order valence-corrected chi connectivity index (χ1v) is 10.5. The summed E-state index contributed by atoms with van der Waals surface area (Å²) in [7, 11) is 1.43. The minimum absolute atomic E-state index is 0.124. The summed E-state index contributed by atoms with van der Waals surface area (Å²) in [6.07, 6.45) is 1.24. The van der Waals surface area contributed by atoms with Crippen LogP contribution in [0.4, 0.5) is 13.6 Å². The van der Waals surface area contributed by atoms with E-state index < -0.39 is 18.1 Å². The monoisotopic (exact) mass is 424 g/mol. The Hall–Kier alpha value is -2.22. The molecular formula is C22H30F2N2O4. The normalized spacial score (nSPS) is 21.8. The molecule has 8 heteroatoms. The van der Waals surface area contributed by atoms with E-state index >= 15 is 0 Å². The molecule has 2 fully saturated rings. The summed E-state index contributed by atoms with van der Waals surface area (Å²) in [6.45, 7) is 0.937. The molecule has 1 saturated heterocycles. The number of carbonyl (C=O) groups excluding carboxylic acids is 2. The maximum absolute atomic E-state index is 14.0. The molecule has 1 saturated carbocycles. The van der Waals surface area contributed by atoms with Gasteiger partial charge in [0.2, 0.25) is 11.8 Å². The lowest BCUT2D eigenvalue weighted by Crippen LogP contribution is -2.55. The highest BCUT2D eigenvalue weighted by molar-refractivity contribution is 5.78. The Balaban J connectivity index is 1.57. The Bertz CT molecular complexity index is 708. The fourth-order valence-corrected chi connectivity index (χ4v) is 4.42. The molecule has 3 rings (SSSR count). The molecule has 0 unspecified atom stereocenters. The third kappa shape index (κ3) is 5.90. The van der Waals surface area contributed by atoms with Gasteiger partial charge in [0.1, 0.15) is 13.2 Å². The smallest absolute Gasteiger partial charge is 0.410 e. The van der Waals surface area contributed by atoms with E-state index in [4.69, 9.17) is 9.47 Å². The lowest BCUT2D eigenvalue weighted by Gasteiger charge is -2.44. The Morgan fingerprint density at radius 1 is 1.13 bits per heavy atom. The number of hydrogen-bond donors (Lipinski definition) is 0. The molecule has 1 aromatic carbocycles. The standard InChI is InChI=1S/C22H30F2N2O4/c1-29-16-20(27)26(19-8-5-11-22(23,24)14-19)18-9-12-25(13-10-18)21(28)30-15-17-6-3-2-4-7-17/h2-4,6-7,18-19H,5,8-16H2,1H3/t19-/m0/s1. The second-order valence-electron chi connectivity index (χ2n) is 8.10. The van der Waals surface area contributed by atoms with Crippen LogP contribution in [0.25, 0.3) is 0 Å². The van der Waals surface area contributed by atoms with E-state index in [0.29, 0.717) is 38.8 Å². The van der Waals surface area contributed by atoms with Crippen molar-refractivity contribution in [3.63, 3.8) is 0 Å². The number of alkyl halides is 2. The summed E-state index contributed by atoms with van der Waals surface area (Å²) >= 11 is 0. The van der Waals surface area contributed by atoms with Crippen LogP contribution >= 0.6 is 0 Å². The van der Waals surface area contributed by atoms with E-state index in [-0.39, 0.29) is 38.0 Å². The third-order valence-corrected chi connectivity index (χ3v) is 5.88. The summed E-state index contributed by atoms with van der Waals surface area (Å²) in [6, 6.07) is 8.78. The first kappa shape index (κ1) is 22.5. The Morgan fingerprint density at radius 2 is 1.83 bits per heavy atom. The molecule has 1 atom stereocenters. The van der Waals surface area contributed by atoms with E-state index in [1.54, 1.807) is 9.80 Å². The second kappa shape index (κ2) is 10.2. The molecule has 30 heavy (non-hydrogen) atoms. The van der Waals surface area contributed by atoms with Crippen LogP contribution in [0.5, 0.6) is 0 Å². The lowest BCUT2D eigenvalue weighted by atomic mass is 9.88. The van der Waals surface area contributed by atoms with E-state index in [0.717, 1.165) is 5.56 Å². The zero-order valence-corrected chi connectivity index (χ0v) is 17.4. The van der Waals surface area contributed by atoms with Crippen LogP contribution in [0.3, 0.4) is 0 Å². The molecule has 2 aliphatic rings. The van der Waals surface area contributed by atoms with Crippen LogP contribution in [0.15, 0.2) is 30.3 Å². The number of halogens is 2. The van der Waals surface area contributed by atoms with E-state index in [9.17, 15) is 18.4 Å². The second-order valence-corrected chi connectivity index (χ2v) is 8.10. The fraction of sp³-hybridized carbons (Fsp3) is 0.636. The average molecular weight is 424 g/mol. The molecule has 0 radical (unpaired) electrons. The molecule has 0 spiro atoms. The van der Waals surface area contributed by atoms with Crippen molar-refractivity contribution in [1.82, 2.24) is 9.80 Å². The van der Waals surface area contributed by atoms with E-state index in [1.807, 2.05) is 30.3 Å². The number of amides is 2. The third-order valence-electron chi connectivity index (χ3n) is 5.88. The van der Waals surface area contributed by atoms with Crippen molar-refractivity contribution in [2.45, 2.75) is 63.1 Å². The predicted molar refractivity (Wildman–Crippen MR) is 107 cm³/mol. The lowest BCUT2D eigenvalue weighted by molar-refractivity contribution is -0.146. The van der Waals surface area contributed by atoms with Gasteiger partial charge in [-0.05, 0) is 31.2 Å². The van der Waals surface area contributed by atoms with Gasteiger partial charge >= 0.3 is 6.09 Å². The van der Waals surface area contributed by atoms with Crippen LogP contribution in [0, 0.1) is 0 Å². The first-order chi connectivity index (χ1) is 14.4. The van der Waals surface area contributed by atoms with Crippen molar-refractivity contribution in [2.75, 3.05) is 26.8 Å². The molecule has 0 aromatic heterocycles.